The van der Waals surface area contributed by atoms with Gasteiger partial charge in [-0.25, -0.2) is 0 Å². The number of benzene rings is 2. The quantitative estimate of drug-likeness (QED) is 0.727. The first-order valence-electron chi connectivity index (χ1n) is 9.45. The van der Waals surface area contributed by atoms with Crippen molar-refractivity contribution in [1.29, 1.82) is 0 Å². The third kappa shape index (κ3) is 5.00. The van der Waals surface area contributed by atoms with Crippen LogP contribution >= 0.6 is 0 Å². The van der Waals surface area contributed by atoms with E-state index < -0.39 is 0 Å². The molecule has 0 aliphatic carbocycles. The molecular formula is C22H25N3O4. The second-order valence-electron chi connectivity index (χ2n) is 7.26. The number of nitrogens with one attached hydrogen (secondary N) is 1. The van der Waals surface area contributed by atoms with E-state index in [1.54, 1.807) is 35.2 Å². The van der Waals surface area contributed by atoms with Gasteiger partial charge in [0.05, 0.1) is 12.2 Å². The Bertz CT molecular complexity index is 922. The minimum absolute atomic E-state index is 0.0429. The number of carbonyl (C=O) groups excluding carboxylic acids is 3. The van der Waals surface area contributed by atoms with Crippen LogP contribution in [0.15, 0.2) is 42.5 Å². The second kappa shape index (κ2) is 8.87. The zero-order chi connectivity index (χ0) is 21.0. The number of rotatable bonds is 7. The molecule has 2 aromatic rings. The number of hydrogen-bond donors (Lipinski definition) is 1. The average Bonchev–Trinajstić information content (AvgIpc) is 2.70. The van der Waals surface area contributed by atoms with Crippen LogP contribution in [0.5, 0.6) is 5.75 Å². The van der Waals surface area contributed by atoms with Crippen LogP contribution in [0.3, 0.4) is 0 Å². The fourth-order valence-corrected chi connectivity index (χ4v) is 3.03. The number of nitrogens with zero attached hydrogens (tertiary/aromatic N) is 2. The highest BCUT2D eigenvalue weighted by atomic mass is 16.5. The Morgan fingerprint density at radius 3 is 2.45 bits per heavy atom. The summed E-state index contributed by atoms with van der Waals surface area (Å²) in [6.45, 7) is 3.12. The van der Waals surface area contributed by atoms with Gasteiger partial charge in [-0.15, -0.1) is 0 Å². The summed E-state index contributed by atoms with van der Waals surface area (Å²) in [5.74, 6) is 0.197. The number of anilines is 1. The summed E-state index contributed by atoms with van der Waals surface area (Å²) < 4.78 is 5.48. The van der Waals surface area contributed by atoms with Gasteiger partial charge in [0, 0.05) is 24.2 Å². The van der Waals surface area contributed by atoms with E-state index in [1.807, 2.05) is 31.1 Å². The predicted octanol–water partition coefficient (Wildman–Crippen LogP) is 2.11. The van der Waals surface area contributed by atoms with Gasteiger partial charge in [0.25, 0.3) is 11.8 Å². The van der Waals surface area contributed by atoms with Crippen molar-refractivity contribution in [2.45, 2.75) is 13.5 Å². The Morgan fingerprint density at radius 1 is 1.10 bits per heavy atom. The molecule has 1 heterocycles. The molecule has 0 saturated heterocycles. The highest BCUT2D eigenvalue weighted by Gasteiger charge is 2.26. The van der Waals surface area contributed by atoms with Crippen molar-refractivity contribution >= 4 is 23.3 Å². The van der Waals surface area contributed by atoms with E-state index in [4.69, 9.17) is 4.74 Å². The van der Waals surface area contributed by atoms with Gasteiger partial charge in [-0.1, -0.05) is 12.1 Å². The highest BCUT2D eigenvalue weighted by molar-refractivity contribution is 6.01. The number of amides is 2. The summed E-state index contributed by atoms with van der Waals surface area (Å²) in [7, 11) is 3.90. The number of hydrogen-bond acceptors (Lipinski definition) is 5. The first-order chi connectivity index (χ1) is 13.8. The standard InChI is InChI=1S/C22H25N3O4/c1-15(26)18-8-9-20-19(12-18)25(21(27)14-29-20)13-16-4-6-17(7-5-16)22(28)23-10-11-24(2)3/h4-9,12H,10-11,13-14H2,1-3H3,(H,23,28). The lowest BCUT2D eigenvalue weighted by Gasteiger charge is -2.29. The molecule has 1 aliphatic heterocycles. The largest absolute Gasteiger partial charge is 0.482 e. The molecule has 1 aliphatic rings. The van der Waals surface area contributed by atoms with Gasteiger partial charge in [0.15, 0.2) is 12.4 Å². The lowest BCUT2D eigenvalue weighted by atomic mass is 10.1. The van der Waals surface area contributed by atoms with Crippen LogP contribution < -0.4 is 15.0 Å². The summed E-state index contributed by atoms with van der Waals surface area (Å²) in [4.78, 5) is 40.0. The Labute approximate surface area is 170 Å². The maximum absolute atomic E-state index is 12.4. The van der Waals surface area contributed by atoms with Crippen molar-refractivity contribution in [1.82, 2.24) is 10.2 Å². The van der Waals surface area contributed by atoms with Gasteiger partial charge in [-0.05, 0) is 56.9 Å². The summed E-state index contributed by atoms with van der Waals surface area (Å²) in [5.41, 5.74) is 2.56. The molecule has 7 heteroatoms. The Balaban J connectivity index is 1.73. The molecule has 0 radical (unpaired) electrons. The van der Waals surface area contributed by atoms with Gasteiger partial charge in [0.2, 0.25) is 0 Å². The van der Waals surface area contributed by atoms with Crippen molar-refractivity contribution in [2.24, 2.45) is 0 Å². The molecule has 0 bridgehead atoms. The van der Waals surface area contributed by atoms with Crippen LogP contribution in [0.1, 0.15) is 33.2 Å². The average molecular weight is 395 g/mol. The molecule has 0 aromatic heterocycles. The minimum Gasteiger partial charge on any atom is -0.482 e. The molecule has 0 spiro atoms. The van der Waals surface area contributed by atoms with Gasteiger partial charge in [-0.2, -0.15) is 0 Å². The Morgan fingerprint density at radius 2 is 1.79 bits per heavy atom. The normalized spacial score (nSPS) is 13.1. The van der Waals surface area contributed by atoms with Crippen LogP contribution in [0.4, 0.5) is 5.69 Å². The van der Waals surface area contributed by atoms with E-state index in [0.717, 1.165) is 12.1 Å². The number of fused-ring (bicyclic) bond motifs is 1. The molecule has 1 N–H and O–H groups in total. The van der Waals surface area contributed by atoms with E-state index in [2.05, 4.69) is 5.32 Å². The lowest BCUT2D eigenvalue weighted by Crippen LogP contribution is -2.38. The molecule has 0 atom stereocenters. The Kier molecular flexibility index (Phi) is 6.29. The topological polar surface area (TPSA) is 79.0 Å². The van der Waals surface area contributed by atoms with Gasteiger partial charge in [-0.3, -0.25) is 14.4 Å². The summed E-state index contributed by atoms with van der Waals surface area (Å²) >= 11 is 0. The first-order valence-corrected chi connectivity index (χ1v) is 9.45. The van der Waals surface area contributed by atoms with Crippen molar-refractivity contribution in [3.63, 3.8) is 0 Å². The molecule has 2 amide bonds. The molecule has 152 valence electrons. The van der Waals surface area contributed by atoms with Crippen LogP contribution in [-0.2, 0) is 11.3 Å². The SMILES string of the molecule is CC(=O)c1ccc2c(c1)N(Cc1ccc(C(=O)NCCN(C)C)cc1)C(=O)CO2. The third-order valence-corrected chi connectivity index (χ3v) is 4.71. The van der Waals surface area contributed by atoms with Crippen LogP contribution in [-0.4, -0.2) is 56.3 Å². The maximum Gasteiger partial charge on any atom is 0.265 e. The zero-order valence-corrected chi connectivity index (χ0v) is 16.9. The Hall–Kier alpha value is -3.19. The number of ether oxygens (including phenoxy) is 1. The summed E-state index contributed by atoms with van der Waals surface area (Å²) in [5, 5.41) is 2.87. The molecular weight excluding hydrogens is 370 g/mol. The van der Waals surface area contributed by atoms with Gasteiger partial charge < -0.3 is 19.9 Å². The monoisotopic (exact) mass is 395 g/mol. The third-order valence-electron chi connectivity index (χ3n) is 4.71. The van der Waals surface area contributed by atoms with Crippen molar-refractivity contribution in [3.05, 3.63) is 59.2 Å². The fourth-order valence-electron chi connectivity index (χ4n) is 3.03. The van der Waals surface area contributed by atoms with E-state index in [9.17, 15) is 14.4 Å². The smallest absolute Gasteiger partial charge is 0.265 e. The minimum atomic E-state index is -0.177. The molecule has 29 heavy (non-hydrogen) atoms. The summed E-state index contributed by atoms with van der Waals surface area (Å²) in [6.07, 6.45) is 0. The van der Waals surface area contributed by atoms with Crippen molar-refractivity contribution < 1.29 is 19.1 Å². The number of likely N-dealkylation sites (N-methyl/N-ethyl adjacent to an activating group) is 1. The highest BCUT2D eigenvalue weighted by Crippen LogP contribution is 2.34. The molecule has 0 fully saturated rings. The van der Waals surface area contributed by atoms with Crippen molar-refractivity contribution in [2.75, 3.05) is 38.7 Å². The fraction of sp³-hybridized carbons (Fsp3) is 0.318. The molecule has 0 saturated carbocycles. The van der Waals surface area contributed by atoms with E-state index in [-0.39, 0.29) is 24.2 Å². The maximum atomic E-state index is 12.4. The van der Waals surface area contributed by atoms with E-state index in [1.165, 1.54) is 6.92 Å². The van der Waals surface area contributed by atoms with E-state index >= 15 is 0 Å². The van der Waals surface area contributed by atoms with Crippen LogP contribution in [0.25, 0.3) is 0 Å². The molecule has 0 unspecified atom stereocenters. The number of Topliss-reactive ketones (excluding diaryl/α,β-unsaturated/α-hetero) is 1. The molecule has 3 rings (SSSR count). The second-order valence-corrected chi connectivity index (χ2v) is 7.26. The van der Waals surface area contributed by atoms with Crippen molar-refractivity contribution in [3.8, 4) is 5.75 Å². The van der Waals surface area contributed by atoms with Gasteiger partial charge in [0.1, 0.15) is 5.75 Å². The first kappa shape index (κ1) is 20.5. The molecule has 7 nitrogen and oxygen atoms in total. The predicted molar refractivity (Wildman–Crippen MR) is 110 cm³/mol. The lowest BCUT2D eigenvalue weighted by molar-refractivity contribution is -0.121. The zero-order valence-electron chi connectivity index (χ0n) is 16.9. The number of ketones is 1. The number of carbonyl (C=O) groups is 3. The van der Waals surface area contributed by atoms with Crippen LogP contribution in [0, 0.1) is 0 Å². The van der Waals surface area contributed by atoms with Crippen LogP contribution in [0.2, 0.25) is 0 Å². The summed E-state index contributed by atoms with van der Waals surface area (Å²) in [6, 6.07) is 12.2. The van der Waals surface area contributed by atoms with E-state index in [0.29, 0.717) is 35.7 Å². The van der Waals surface area contributed by atoms with Gasteiger partial charge >= 0.3 is 0 Å². The molecule has 2 aromatic carbocycles.